The van der Waals surface area contributed by atoms with E-state index in [-0.39, 0.29) is 61.4 Å². The van der Waals surface area contributed by atoms with E-state index in [1.165, 1.54) is 18.2 Å². The molecule has 4 rings (SSSR count). The largest absolute Gasteiger partial charge is 0.478 e. The van der Waals surface area contributed by atoms with E-state index in [0.717, 1.165) is 11.3 Å². The molecule has 24 heavy (non-hydrogen) atoms. The quantitative estimate of drug-likeness (QED) is 0.524. The third-order valence-electron chi connectivity index (χ3n) is 5.43. The molecule has 0 spiro atoms. The van der Waals surface area contributed by atoms with Crippen LogP contribution < -0.4 is 4.90 Å². The van der Waals surface area contributed by atoms with Crippen molar-refractivity contribution in [3.8, 4) is 0 Å². The molecule has 2 aliphatic carbocycles. The lowest BCUT2D eigenvalue weighted by Gasteiger charge is -2.28. The molecule has 5 nitrogen and oxygen atoms in total. The van der Waals surface area contributed by atoms with E-state index in [1.807, 2.05) is 0 Å². The van der Waals surface area contributed by atoms with Crippen LogP contribution in [-0.2, 0) is 9.59 Å². The zero-order valence-corrected chi connectivity index (χ0v) is 16.1. The molecule has 0 aromatic heterocycles. The molecule has 1 N–H and O–H groups in total. The number of halogens is 3. The zero-order valence-electron chi connectivity index (χ0n) is 12.2. The first kappa shape index (κ1) is 16.5. The molecule has 8 heteroatoms. The van der Waals surface area contributed by atoms with Crippen molar-refractivity contribution in [3.63, 3.8) is 0 Å². The number of amides is 2. The minimum absolute atomic E-state index is 0.0756. The standard InChI is InChI=1S/C16H12Br2ClNO4/c17-12-7-4-8(13(12)18)11-10(7)14(21)20(15(11)22)5-1-2-9(19)6(3-5)16(23)24/h1-3,7-8,10-13H,4H2,(H,23,24)/t7-,8-,10-,11+,12-,13-/m1/s1. The summed E-state index contributed by atoms with van der Waals surface area (Å²) in [5, 5.41) is 9.28. The number of carbonyl (C=O) groups is 3. The van der Waals surface area contributed by atoms with Crippen molar-refractivity contribution in [3.05, 3.63) is 28.8 Å². The van der Waals surface area contributed by atoms with Crippen LogP contribution in [0.2, 0.25) is 5.02 Å². The molecule has 3 aliphatic rings. The monoisotopic (exact) mass is 475 g/mol. The maximum Gasteiger partial charge on any atom is 0.337 e. The first-order valence-corrected chi connectivity index (χ1v) is 9.72. The number of imide groups is 1. The smallest absolute Gasteiger partial charge is 0.337 e. The molecule has 2 amide bonds. The molecule has 1 aromatic rings. The highest BCUT2D eigenvalue weighted by Crippen LogP contribution is 2.60. The lowest BCUT2D eigenvalue weighted by Crippen LogP contribution is -2.37. The van der Waals surface area contributed by atoms with Crippen molar-refractivity contribution in [1.82, 2.24) is 0 Å². The van der Waals surface area contributed by atoms with Crippen LogP contribution in [0.25, 0.3) is 0 Å². The van der Waals surface area contributed by atoms with Crippen LogP contribution >= 0.6 is 43.5 Å². The summed E-state index contributed by atoms with van der Waals surface area (Å²) in [7, 11) is 0. The number of aromatic carboxylic acids is 1. The fourth-order valence-electron chi connectivity index (χ4n) is 4.42. The number of alkyl halides is 2. The Bertz CT molecular complexity index is 753. The second kappa shape index (κ2) is 5.54. The van der Waals surface area contributed by atoms with Crippen LogP contribution in [0, 0.1) is 23.7 Å². The Morgan fingerprint density at radius 3 is 2.17 bits per heavy atom. The molecule has 6 atom stereocenters. The van der Waals surface area contributed by atoms with Gasteiger partial charge in [-0.3, -0.25) is 14.5 Å². The number of benzene rings is 1. The molecule has 2 saturated carbocycles. The Kier molecular flexibility index (Phi) is 3.82. The number of fused-ring (bicyclic) bond motifs is 5. The minimum Gasteiger partial charge on any atom is -0.478 e. The van der Waals surface area contributed by atoms with Gasteiger partial charge in [-0.05, 0) is 36.5 Å². The van der Waals surface area contributed by atoms with Crippen molar-refractivity contribution >= 4 is 66.9 Å². The fourth-order valence-corrected chi connectivity index (χ4v) is 6.49. The van der Waals surface area contributed by atoms with E-state index in [2.05, 4.69) is 31.9 Å². The number of carbonyl (C=O) groups excluding carboxylic acids is 2. The van der Waals surface area contributed by atoms with Crippen molar-refractivity contribution in [2.24, 2.45) is 23.7 Å². The molecule has 126 valence electrons. The normalized spacial score (nSPS) is 37.2. The topological polar surface area (TPSA) is 74.7 Å². The van der Waals surface area contributed by atoms with Gasteiger partial charge in [0, 0.05) is 9.65 Å². The number of rotatable bonds is 2. The summed E-state index contributed by atoms with van der Waals surface area (Å²) in [6.07, 6.45) is 0.855. The van der Waals surface area contributed by atoms with Gasteiger partial charge < -0.3 is 5.11 Å². The number of carboxylic acids is 1. The van der Waals surface area contributed by atoms with E-state index >= 15 is 0 Å². The van der Waals surface area contributed by atoms with E-state index in [9.17, 15) is 19.5 Å². The Morgan fingerprint density at radius 1 is 1.12 bits per heavy atom. The second-order valence-electron chi connectivity index (χ2n) is 6.49. The fraction of sp³-hybridized carbons (Fsp3) is 0.438. The van der Waals surface area contributed by atoms with Gasteiger partial charge in [0.25, 0.3) is 0 Å². The van der Waals surface area contributed by atoms with Gasteiger partial charge in [0.05, 0.1) is 28.1 Å². The van der Waals surface area contributed by atoms with Crippen molar-refractivity contribution < 1.29 is 19.5 Å². The predicted molar refractivity (Wildman–Crippen MR) is 94.9 cm³/mol. The first-order chi connectivity index (χ1) is 11.3. The summed E-state index contributed by atoms with van der Waals surface area (Å²) in [6, 6.07) is 4.22. The lowest BCUT2D eigenvalue weighted by atomic mass is 9.81. The Labute approximate surface area is 159 Å². The maximum absolute atomic E-state index is 12.9. The van der Waals surface area contributed by atoms with Crippen molar-refractivity contribution in [2.45, 2.75) is 16.1 Å². The number of nitrogens with zero attached hydrogens (tertiary/aromatic N) is 1. The van der Waals surface area contributed by atoms with Crippen LogP contribution in [0.4, 0.5) is 5.69 Å². The number of hydrogen-bond donors (Lipinski definition) is 1. The highest BCUT2D eigenvalue weighted by molar-refractivity contribution is 9.12. The molecule has 1 saturated heterocycles. The van der Waals surface area contributed by atoms with E-state index in [1.54, 1.807) is 0 Å². The summed E-state index contributed by atoms with van der Waals surface area (Å²) in [4.78, 5) is 38.5. The number of anilines is 1. The minimum atomic E-state index is -1.19. The second-order valence-corrected chi connectivity index (χ2v) is 9.01. The van der Waals surface area contributed by atoms with Crippen LogP contribution in [0.3, 0.4) is 0 Å². The van der Waals surface area contributed by atoms with Gasteiger partial charge in [-0.15, -0.1) is 0 Å². The molecular formula is C16H12Br2ClNO4. The number of carboxylic acid groups (broad SMARTS) is 1. The average Bonchev–Trinajstić information content (AvgIpc) is 3.13. The molecule has 0 radical (unpaired) electrons. The van der Waals surface area contributed by atoms with Gasteiger partial charge in [-0.2, -0.15) is 0 Å². The van der Waals surface area contributed by atoms with E-state index < -0.39 is 5.97 Å². The van der Waals surface area contributed by atoms with Gasteiger partial charge in [-0.1, -0.05) is 43.5 Å². The predicted octanol–water partition coefficient (Wildman–Crippen LogP) is 3.32. The highest BCUT2D eigenvalue weighted by atomic mass is 79.9. The maximum atomic E-state index is 12.9. The molecule has 0 unspecified atom stereocenters. The molecule has 1 heterocycles. The third-order valence-corrected chi connectivity index (χ3v) is 8.96. The summed E-state index contributed by atoms with van der Waals surface area (Å²) < 4.78 is 0. The number of hydrogen-bond acceptors (Lipinski definition) is 3. The SMILES string of the molecule is O=C(O)c1cc(N2C(=O)[C@@H]3[C@H]4C[C@@H]([C@@H](Br)[C@@H]4Br)[C@@H]3C2=O)ccc1Cl. The Hall–Kier alpha value is -0.920. The van der Waals surface area contributed by atoms with Gasteiger partial charge in [0.2, 0.25) is 11.8 Å². The Balaban J connectivity index is 1.74. The van der Waals surface area contributed by atoms with Crippen molar-refractivity contribution in [1.29, 1.82) is 0 Å². The van der Waals surface area contributed by atoms with Crippen molar-refractivity contribution in [2.75, 3.05) is 4.90 Å². The Morgan fingerprint density at radius 2 is 1.67 bits per heavy atom. The summed E-state index contributed by atoms with van der Waals surface area (Å²) >= 11 is 13.2. The van der Waals surface area contributed by atoms with Gasteiger partial charge >= 0.3 is 5.97 Å². The highest BCUT2D eigenvalue weighted by Gasteiger charge is 2.66. The van der Waals surface area contributed by atoms with Crippen LogP contribution in [-0.4, -0.2) is 32.5 Å². The van der Waals surface area contributed by atoms with Crippen LogP contribution in [0.5, 0.6) is 0 Å². The third kappa shape index (κ3) is 2.07. The van der Waals surface area contributed by atoms with Gasteiger partial charge in [-0.25, -0.2) is 4.79 Å². The average molecular weight is 478 g/mol. The van der Waals surface area contributed by atoms with E-state index in [0.29, 0.717) is 0 Å². The van der Waals surface area contributed by atoms with Crippen LogP contribution in [0.1, 0.15) is 16.8 Å². The molecular weight excluding hydrogens is 465 g/mol. The first-order valence-electron chi connectivity index (χ1n) is 7.51. The molecule has 1 aromatic carbocycles. The van der Waals surface area contributed by atoms with E-state index in [4.69, 9.17) is 11.6 Å². The summed E-state index contributed by atoms with van der Waals surface area (Å²) in [5.41, 5.74) is 0.157. The van der Waals surface area contributed by atoms with Gasteiger partial charge in [0.15, 0.2) is 0 Å². The molecule has 2 bridgehead atoms. The lowest BCUT2D eigenvalue weighted by molar-refractivity contribution is -0.123. The summed E-state index contributed by atoms with van der Waals surface area (Å²) in [6.45, 7) is 0. The zero-order chi connectivity index (χ0) is 17.3. The molecule has 1 aliphatic heterocycles. The molecule has 3 fully saturated rings. The summed E-state index contributed by atoms with van der Waals surface area (Å²) in [5.74, 6) is -2.08. The van der Waals surface area contributed by atoms with Gasteiger partial charge in [0.1, 0.15) is 0 Å². The van der Waals surface area contributed by atoms with Crippen LogP contribution in [0.15, 0.2) is 18.2 Å².